The molecule has 0 saturated heterocycles. The van der Waals surface area contributed by atoms with Crippen LogP contribution in [0.1, 0.15) is 31.2 Å². The van der Waals surface area contributed by atoms with Gasteiger partial charge in [-0.3, -0.25) is 4.79 Å². The largest absolute Gasteiger partial charge is 0.323 e. The van der Waals surface area contributed by atoms with Crippen LogP contribution in [0.3, 0.4) is 0 Å². The summed E-state index contributed by atoms with van der Waals surface area (Å²) in [5.41, 5.74) is 1.31. The molecule has 1 aromatic rings. The Labute approximate surface area is 117 Å². The molecule has 0 bridgehead atoms. The minimum Gasteiger partial charge on any atom is -0.323 e. The second-order valence-corrected chi connectivity index (χ2v) is 4.63. The highest BCUT2D eigenvalue weighted by atomic mass is 35.5. The number of rotatable bonds is 5. The van der Waals surface area contributed by atoms with Crippen LogP contribution in [-0.2, 0) is 4.79 Å². The first-order chi connectivity index (χ1) is 8.54. The van der Waals surface area contributed by atoms with Crippen molar-refractivity contribution < 1.29 is 4.79 Å². The molecule has 1 aromatic heterocycles. The lowest BCUT2D eigenvalue weighted by Crippen LogP contribution is -2.13. The molecule has 0 aliphatic rings. The second-order valence-electron chi connectivity index (χ2n) is 3.89. The van der Waals surface area contributed by atoms with Gasteiger partial charge in [-0.25, -0.2) is 4.98 Å². The highest BCUT2D eigenvalue weighted by Crippen LogP contribution is 2.26. The summed E-state index contributed by atoms with van der Waals surface area (Å²) < 4.78 is 0. The molecular weight excluding hydrogens is 271 g/mol. The number of hydrogen-bond acceptors (Lipinski definition) is 2. The third-order valence-corrected chi connectivity index (χ3v) is 2.85. The Balaban J connectivity index is 2.57. The number of unbranched alkanes of at least 4 members (excludes halogenated alkanes) is 2. The van der Waals surface area contributed by atoms with E-state index in [-0.39, 0.29) is 11.1 Å². The molecule has 0 spiro atoms. The molecule has 0 aliphatic carbocycles. The number of hydrogen-bond donors (Lipinski definition) is 1. The zero-order chi connectivity index (χ0) is 13.5. The average molecular weight is 285 g/mol. The molecule has 0 fully saturated rings. The Kier molecular flexibility index (Phi) is 5.97. The summed E-state index contributed by atoms with van der Waals surface area (Å²) in [4.78, 5) is 15.6. The summed E-state index contributed by atoms with van der Waals surface area (Å²) >= 11 is 11.7. The fraction of sp³-hybridized carbons (Fsp3) is 0.385. The van der Waals surface area contributed by atoms with Gasteiger partial charge in [-0.2, -0.15) is 0 Å². The number of pyridine rings is 1. The molecular formula is C13H14Cl2N2O. The van der Waals surface area contributed by atoms with Crippen LogP contribution in [0.2, 0.25) is 10.3 Å². The van der Waals surface area contributed by atoms with Crippen LogP contribution in [0.25, 0.3) is 0 Å². The quantitative estimate of drug-likeness (QED) is 0.507. The molecule has 18 heavy (non-hydrogen) atoms. The van der Waals surface area contributed by atoms with Gasteiger partial charge < -0.3 is 5.32 Å². The van der Waals surface area contributed by atoms with Crippen molar-refractivity contribution in [2.24, 2.45) is 0 Å². The van der Waals surface area contributed by atoms with Crippen LogP contribution in [0.4, 0.5) is 5.69 Å². The average Bonchev–Trinajstić information content (AvgIpc) is 2.29. The van der Waals surface area contributed by atoms with E-state index in [1.807, 2.05) is 6.92 Å². The van der Waals surface area contributed by atoms with E-state index in [0.29, 0.717) is 23.7 Å². The predicted octanol–water partition coefficient (Wildman–Crippen LogP) is 3.83. The van der Waals surface area contributed by atoms with Crippen LogP contribution in [0.5, 0.6) is 0 Å². The second kappa shape index (κ2) is 7.25. The monoisotopic (exact) mass is 284 g/mol. The zero-order valence-corrected chi connectivity index (χ0v) is 11.6. The van der Waals surface area contributed by atoms with Crippen molar-refractivity contribution in [1.82, 2.24) is 4.98 Å². The van der Waals surface area contributed by atoms with Crippen LogP contribution >= 0.6 is 23.2 Å². The summed E-state index contributed by atoms with van der Waals surface area (Å²) in [7, 11) is 0. The molecule has 0 radical (unpaired) electrons. The number of amides is 1. The third kappa shape index (κ3) is 4.56. The van der Waals surface area contributed by atoms with Gasteiger partial charge in [-0.05, 0) is 31.4 Å². The highest BCUT2D eigenvalue weighted by Gasteiger charge is 2.10. The molecule has 0 aliphatic heterocycles. The maximum Gasteiger partial charge on any atom is 0.224 e. The first-order valence-corrected chi connectivity index (χ1v) is 6.36. The van der Waals surface area contributed by atoms with Gasteiger partial charge in [0.25, 0.3) is 0 Å². The number of aryl methyl sites for hydroxylation is 1. The summed E-state index contributed by atoms with van der Waals surface area (Å²) in [6.07, 6.45) is 7.84. The van der Waals surface area contributed by atoms with E-state index >= 15 is 0 Å². The number of aromatic nitrogens is 1. The Hall–Kier alpha value is -1.24. The minimum atomic E-state index is -0.0962. The summed E-state index contributed by atoms with van der Waals surface area (Å²) in [5.74, 6) is 2.44. The van der Waals surface area contributed by atoms with Crippen molar-refractivity contribution in [2.45, 2.75) is 32.6 Å². The number of carbonyl (C=O) groups excluding carboxylic acids is 1. The molecule has 3 nitrogen and oxygen atoms in total. The van der Waals surface area contributed by atoms with Gasteiger partial charge in [0.2, 0.25) is 5.91 Å². The lowest BCUT2D eigenvalue weighted by Gasteiger charge is -2.09. The lowest BCUT2D eigenvalue weighted by molar-refractivity contribution is -0.116. The molecule has 5 heteroatoms. The van der Waals surface area contributed by atoms with E-state index in [4.69, 9.17) is 29.6 Å². The fourth-order valence-corrected chi connectivity index (χ4v) is 2.04. The lowest BCUT2D eigenvalue weighted by atomic mass is 10.2. The van der Waals surface area contributed by atoms with Crippen molar-refractivity contribution in [3.8, 4) is 12.3 Å². The molecule has 1 heterocycles. The molecule has 0 saturated carbocycles. The molecule has 0 unspecified atom stereocenters. The van der Waals surface area contributed by atoms with E-state index in [1.54, 1.807) is 6.07 Å². The van der Waals surface area contributed by atoms with Gasteiger partial charge in [0, 0.05) is 12.8 Å². The van der Waals surface area contributed by atoms with E-state index in [1.165, 1.54) is 0 Å². The number of halogens is 2. The highest BCUT2D eigenvalue weighted by molar-refractivity contribution is 6.34. The maximum atomic E-state index is 11.7. The van der Waals surface area contributed by atoms with Crippen LogP contribution in [-0.4, -0.2) is 10.9 Å². The van der Waals surface area contributed by atoms with E-state index in [0.717, 1.165) is 18.4 Å². The number of anilines is 1. The smallest absolute Gasteiger partial charge is 0.224 e. The minimum absolute atomic E-state index is 0.0962. The normalized spacial score (nSPS) is 9.89. The fourth-order valence-electron chi connectivity index (χ4n) is 1.46. The molecule has 1 amide bonds. The van der Waals surface area contributed by atoms with Gasteiger partial charge >= 0.3 is 0 Å². The number of carbonyl (C=O) groups is 1. The SMILES string of the molecule is C#CCCCCC(=O)Nc1c(C)cc(Cl)nc1Cl. The first-order valence-electron chi connectivity index (χ1n) is 5.60. The summed E-state index contributed by atoms with van der Waals surface area (Å²) in [6.45, 7) is 1.81. The van der Waals surface area contributed by atoms with Crippen molar-refractivity contribution in [2.75, 3.05) is 5.32 Å². The van der Waals surface area contributed by atoms with E-state index in [9.17, 15) is 4.79 Å². The molecule has 96 valence electrons. The third-order valence-electron chi connectivity index (χ3n) is 2.38. The summed E-state index contributed by atoms with van der Waals surface area (Å²) in [6, 6.07) is 1.65. The molecule has 1 N–H and O–H groups in total. The van der Waals surface area contributed by atoms with E-state index in [2.05, 4.69) is 16.2 Å². The number of terminal acetylenes is 1. The van der Waals surface area contributed by atoms with Crippen LogP contribution in [0, 0.1) is 19.3 Å². The van der Waals surface area contributed by atoms with Gasteiger partial charge in [0.1, 0.15) is 5.15 Å². The van der Waals surface area contributed by atoms with Crippen molar-refractivity contribution in [1.29, 1.82) is 0 Å². The number of nitrogens with one attached hydrogen (secondary N) is 1. The Morgan fingerprint density at radius 3 is 2.83 bits per heavy atom. The molecule has 0 atom stereocenters. The predicted molar refractivity (Wildman–Crippen MR) is 74.9 cm³/mol. The van der Waals surface area contributed by atoms with E-state index < -0.39 is 0 Å². The Morgan fingerprint density at radius 1 is 1.50 bits per heavy atom. The van der Waals surface area contributed by atoms with Crippen molar-refractivity contribution >= 4 is 34.8 Å². The van der Waals surface area contributed by atoms with Crippen LogP contribution < -0.4 is 5.32 Å². The topological polar surface area (TPSA) is 42.0 Å². The molecule has 1 rings (SSSR count). The maximum absolute atomic E-state index is 11.7. The summed E-state index contributed by atoms with van der Waals surface area (Å²) in [5, 5.41) is 3.25. The van der Waals surface area contributed by atoms with Crippen molar-refractivity contribution in [3.63, 3.8) is 0 Å². The van der Waals surface area contributed by atoms with Gasteiger partial charge in [-0.15, -0.1) is 12.3 Å². The van der Waals surface area contributed by atoms with Crippen LogP contribution in [0.15, 0.2) is 6.07 Å². The van der Waals surface area contributed by atoms with Crippen molar-refractivity contribution in [3.05, 3.63) is 21.9 Å². The Morgan fingerprint density at radius 2 is 2.22 bits per heavy atom. The van der Waals surface area contributed by atoms with Gasteiger partial charge in [0.05, 0.1) is 5.69 Å². The standard InChI is InChI=1S/C13H14Cl2N2O/c1-3-4-5-6-7-11(18)17-12-9(2)8-10(14)16-13(12)15/h1,8H,4-7H2,2H3,(H,17,18). The van der Waals surface area contributed by atoms with Gasteiger partial charge in [0.15, 0.2) is 5.15 Å². The Bertz CT molecular complexity index is 457. The number of nitrogens with zero attached hydrogens (tertiary/aromatic N) is 1. The zero-order valence-electron chi connectivity index (χ0n) is 10.1. The molecule has 0 aromatic carbocycles. The van der Waals surface area contributed by atoms with Gasteiger partial charge in [-0.1, -0.05) is 23.2 Å². The first kappa shape index (κ1) is 14.8.